The van der Waals surface area contributed by atoms with Crippen LogP contribution in [0.2, 0.25) is 0 Å². The monoisotopic (exact) mass is 446 g/mol. The maximum atomic E-state index is 13.0. The van der Waals surface area contributed by atoms with Gasteiger partial charge < -0.3 is 14.8 Å². The van der Waals surface area contributed by atoms with E-state index in [1.54, 1.807) is 42.5 Å². The number of hydrogen-bond acceptors (Lipinski definition) is 7. The topological polar surface area (TPSA) is 121 Å². The summed E-state index contributed by atoms with van der Waals surface area (Å²) < 4.78 is 38.6. The summed E-state index contributed by atoms with van der Waals surface area (Å²) in [6.45, 7) is 4.50. The van der Waals surface area contributed by atoms with Gasteiger partial charge >= 0.3 is 10.2 Å². The van der Waals surface area contributed by atoms with Crippen molar-refractivity contribution < 1.29 is 22.7 Å². The normalized spacial score (nSPS) is 12.0. The van der Waals surface area contributed by atoms with Gasteiger partial charge in [-0.1, -0.05) is 6.07 Å². The van der Waals surface area contributed by atoms with Gasteiger partial charge in [0.15, 0.2) is 11.5 Å². The van der Waals surface area contributed by atoms with E-state index >= 15 is 0 Å². The molecule has 2 aromatic carbocycles. The van der Waals surface area contributed by atoms with Gasteiger partial charge in [0, 0.05) is 19.8 Å². The number of carbonyl (C=O) groups excluding carboxylic acids is 1. The van der Waals surface area contributed by atoms with E-state index in [-0.39, 0.29) is 0 Å². The first kappa shape index (κ1) is 24.0. The van der Waals surface area contributed by atoms with Crippen molar-refractivity contribution in [3.63, 3.8) is 0 Å². The van der Waals surface area contributed by atoms with Crippen LogP contribution in [0.25, 0.3) is 0 Å². The van der Waals surface area contributed by atoms with E-state index < -0.39 is 22.2 Å². The van der Waals surface area contributed by atoms with Gasteiger partial charge in [-0.15, -0.1) is 0 Å². The number of nitrogens with zero attached hydrogens (tertiary/aromatic N) is 2. The van der Waals surface area contributed by atoms with Crippen LogP contribution in [0.15, 0.2) is 42.5 Å². The molecule has 0 fully saturated rings. The highest BCUT2D eigenvalue weighted by Gasteiger charge is 2.27. The zero-order valence-corrected chi connectivity index (χ0v) is 18.7. The Bertz CT molecular complexity index is 1050. The lowest BCUT2D eigenvalue weighted by Gasteiger charge is -2.22. The van der Waals surface area contributed by atoms with Gasteiger partial charge in [-0.25, -0.2) is 4.72 Å². The third-order valence-electron chi connectivity index (χ3n) is 4.20. The number of nitrogens with one attached hydrogen (secondary N) is 2. The quantitative estimate of drug-likeness (QED) is 0.575. The number of hydrogen-bond donors (Lipinski definition) is 2. The minimum Gasteiger partial charge on any atom is -0.490 e. The van der Waals surface area contributed by atoms with Crippen molar-refractivity contribution in [3.05, 3.63) is 53.6 Å². The summed E-state index contributed by atoms with van der Waals surface area (Å²) in [5.41, 5.74) is 1.47. The summed E-state index contributed by atoms with van der Waals surface area (Å²) >= 11 is 0. The molecule has 0 aromatic heterocycles. The van der Waals surface area contributed by atoms with E-state index in [1.807, 2.05) is 19.9 Å². The number of anilines is 1. The molecule has 2 aromatic rings. The van der Waals surface area contributed by atoms with Gasteiger partial charge in [0.2, 0.25) is 0 Å². The van der Waals surface area contributed by atoms with Gasteiger partial charge in [-0.05, 0) is 55.8 Å². The highest BCUT2D eigenvalue weighted by Crippen LogP contribution is 2.32. The molecule has 0 spiro atoms. The van der Waals surface area contributed by atoms with Crippen molar-refractivity contribution in [3.8, 4) is 17.6 Å². The Morgan fingerprint density at radius 3 is 2.23 bits per heavy atom. The van der Waals surface area contributed by atoms with E-state index in [2.05, 4.69) is 10.0 Å². The van der Waals surface area contributed by atoms with Gasteiger partial charge in [-0.2, -0.15) is 18.0 Å². The third kappa shape index (κ3) is 6.34. The molecule has 0 radical (unpaired) electrons. The van der Waals surface area contributed by atoms with Crippen LogP contribution in [-0.2, 0) is 15.0 Å². The second kappa shape index (κ2) is 10.7. The molecule has 0 saturated heterocycles. The van der Waals surface area contributed by atoms with E-state index in [1.165, 1.54) is 14.1 Å². The standard InChI is InChI=1S/C21H26N4O5S/c1-5-29-18-12-9-16(13-19(18)30-6-2)20(21(26)24-31(27,28)25(3)4)23-17-10-7-15(14-22)8-11-17/h7-13,20,23H,5-6H2,1-4H3,(H,24,26). The highest BCUT2D eigenvalue weighted by molar-refractivity contribution is 7.87. The molecule has 2 rings (SSSR count). The summed E-state index contributed by atoms with van der Waals surface area (Å²) in [6, 6.07) is 12.4. The molecule has 166 valence electrons. The number of nitriles is 1. The number of ether oxygens (including phenoxy) is 2. The second-order valence-corrected chi connectivity index (χ2v) is 8.48. The fraction of sp³-hybridized carbons (Fsp3) is 0.333. The zero-order chi connectivity index (χ0) is 23.0. The van der Waals surface area contributed by atoms with E-state index in [4.69, 9.17) is 14.7 Å². The van der Waals surface area contributed by atoms with Crippen LogP contribution in [0.3, 0.4) is 0 Å². The van der Waals surface area contributed by atoms with E-state index in [0.29, 0.717) is 41.5 Å². The predicted octanol–water partition coefficient (Wildman–Crippen LogP) is 2.43. The number of carbonyl (C=O) groups is 1. The van der Waals surface area contributed by atoms with E-state index in [9.17, 15) is 13.2 Å². The second-order valence-electron chi connectivity index (χ2n) is 6.59. The Labute approximate surface area is 182 Å². The van der Waals surface area contributed by atoms with Crippen molar-refractivity contribution in [2.24, 2.45) is 0 Å². The van der Waals surface area contributed by atoms with Crippen LogP contribution in [-0.4, -0.2) is 45.9 Å². The Morgan fingerprint density at radius 2 is 1.68 bits per heavy atom. The molecule has 1 unspecified atom stereocenters. The van der Waals surface area contributed by atoms with Crippen LogP contribution in [0.4, 0.5) is 5.69 Å². The molecular weight excluding hydrogens is 420 g/mol. The smallest absolute Gasteiger partial charge is 0.303 e. The first-order chi connectivity index (χ1) is 14.7. The minimum absolute atomic E-state index is 0.387. The average Bonchev–Trinajstić information content (AvgIpc) is 2.73. The van der Waals surface area contributed by atoms with Crippen molar-refractivity contribution in [1.29, 1.82) is 5.26 Å². The van der Waals surface area contributed by atoms with Gasteiger partial charge in [0.25, 0.3) is 5.91 Å². The fourth-order valence-corrected chi connectivity index (χ4v) is 3.19. The molecule has 0 saturated carbocycles. The fourth-order valence-electron chi connectivity index (χ4n) is 2.63. The molecule has 0 heterocycles. The Balaban J connectivity index is 2.46. The Hall–Kier alpha value is -3.29. The Morgan fingerprint density at radius 1 is 1.06 bits per heavy atom. The largest absolute Gasteiger partial charge is 0.490 e. The lowest BCUT2D eigenvalue weighted by atomic mass is 10.0. The maximum Gasteiger partial charge on any atom is 0.303 e. The lowest BCUT2D eigenvalue weighted by Crippen LogP contribution is -2.43. The van der Waals surface area contributed by atoms with Crippen molar-refractivity contribution in [2.45, 2.75) is 19.9 Å². The van der Waals surface area contributed by atoms with Crippen molar-refractivity contribution in [1.82, 2.24) is 9.03 Å². The van der Waals surface area contributed by atoms with Gasteiger partial charge in [-0.3, -0.25) is 4.79 Å². The molecule has 0 bridgehead atoms. The van der Waals surface area contributed by atoms with Crippen molar-refractivity contribution >= 4 is 21.8 Å². The van der Waals surface area contributed by atoms with Crippen molar-refractivity contribution in [2.75, 3.05) is 32.6 Å². The summed E-state index contributed by atoms with van der Waals surface area (Å²) in [7, 11) is -1.35. The number of amides is 1. The maximum absolute atomic E-state index is 13.0. The van der Waals surface area contributed by atoms with Crippen LogP contribution in [0.1, 0.15) is 31.0 Å². The van der Waals surface area contributed by atoms with Gasteiger partial charge in [0.05, 0.1) is 24.8 Å². The van der Waals surface area contributed by atoms with Crippen LogP contribution in [0, 0.1) is 11.3 Å². The molecular formula is C21H26N4O5S. The molecule has 1 amide bonds. The van der Waals surface area contributed by atoms with Crippen LogP contribution in [0.5, 0.6) is 11.5 Å². The number of benzene rings is 2. The molecule has 10 heteroatoms. The van der Waals surface area contributed by atoms with Gasteiger partial charge in [0.1, 0.15) is 6.04 Å². The SMILES string of the molecule is CCOc1ccc(C(Nc2ccc(C#N)cc2)C(=O)NS(=O)(=O)N(C)C)cc1OCC. The lowest BCUT2D eigenvalue weighted by molar-refractivity contribution is -0.120. The molecule has 0 aliphatic carbocycles. The summed E-state index contributed by atoms with van der Waals surface area (Å²) in [4.78, 5) is 13.0. The highest BCUT2D eigenvalue weighted by atomic mass is 32.2. The predicted molar refractivity (Wildman–Crippen MR) is 117 cm³/mol. The van der Waals surface area contributed by atoms with E-state index in [0.717, 1.165) is 4.31 Å². The molecule has 0 aliphatic rings. The Kier molecular flexibility index (Phi) is 8.24. The molecule has 0 aliphatic heterocycles. The summed E-state index contributed by atoms with van der Waals surface area (Å²) in [5.74, 6) is 0.188. The number of rotatable bonds is 10. The summed E-state index contributed by atoms with van der Waals surface area (Å²) in [6.07, 6.45) is 0. The first-order valence-corrected chi connectivity index (χ1v) is 11.1. The average molecular weight is 447 g/mol. The van der Waals surface area contributed by atoms with Crippen LogP contribution < -0.4 is 19.5 Å². The summed E-state index contributed by atoms with van der Waals surface area (Å²) in [5, 5.41) is 12.0. The molecule has 2 N–H and O–H groups in total. The first-order valence-electron chi connectivity index (χ1n) is 9.62. The molecule has 1 atom stereocenters. The third-order valence-corrected chi connectivity index (χ3v) is 5.62. The molecule has 9 nitrogen and oxygen atoms in total. The minimum atomic E-state index is -4.00. The zero-order valence-electron chi connectivity index (χ0n) is 17.9. The molecule has 31 heavy (non-hydrogen) atoms. The van der Waals surface area contributed by atoms with Crippen LogP contribution >= 0.6 is 0 Å².